The quantitative estimate of drug-likeness (QED) is 0.0993. The topological polar surface area (TPSA) is 370 Å². The van der Waals surface area contributed by atoms with Crippen LogP contribution in [-0.4, -0.2) is 223 Å². The predicted molar refractivity (Wildman–Crippen MR) is 278 cm³/mol. The van der Waals surface area contributed by atoms with Crippen molar-refractivity contribution in [3.8, 4) is 17.2 Å². The second-order valence-corrected chi connectivity index (χ2v) is 22.9. The van der Waals surface area contributed by atoms with Gasteiger partial charge in [-0.15, -0.1) is 0 Å². The van der Waals surface area contributed by atoms with Crippen molar-refractivity contribution in [2.75, 3.05) is 7.11 Å². The van der Waals surface area contributed by atoms with Gasteiger partial charge in [0.05, 0.1) is 65.9 Å². The van der Waals surface area contributed by atoms with Crippen LogP contribution in [-0.2, 0) is 77.6 Å². The molecule has 5 fully saturated rings. The van der Waals surface area contributed by atoms with Gasteiger partial charge in [0.15, 0.2) is 48.9 Å². The number of benzene rings is 2. The van der Waals surface area contributed by atoms with E-state index in [1.165, 1.54) is 60.8 Å². The number of aliphatic hydroxyl groups is 7. The number of carbonyl (C=O) groups is 4. The average Bonchev–Trinajstić information content (AvgIpc) is 2.83. The summed E-state index contributed by atoms with van der Waals surface area (Å²) in [6, 6.07) is 3.01. The molecule has 8 rings (SSSR count). The van der Waals surface area contributed by atoms with E-state index in [1.54, 1.807) is 27.7 Å². The van der Waals surface area contributed by atoms with Crippen LogP contribution in [0, 0.1) is 12.8 Å². The highest BCUT2D eigenvalue weighted by Gasteiger charge is 2.52. The molecule has 25 atom stereocenters. The Kier molecular flexibility index (Phi) is 20.0. The average molecular weight is 1170 g/mol. The Morgan fingerprint density at radius 1 is 0.683 bits per heavy atom. The fraction of sp³-hybridized carbons (Fsp3) is 0.750. The highest BCUT2D eigenvalue weighted by atomic mass is 16.7. The number of carbonyl (C=O) groups excluding carboxylic acids is 4. The minimum atomic E-state index is -1.97. The molecule has 6 aliphatic rings. The molecule has 1 aliphatic carbocycles. The number of aliphatic hydroxyl groups excluding tert-OH is 6. The Hall–Kier alpha value is -4.30. The summed E-state index contributed by atoms with van der Waals surface area (Å²) in [5.41, 5.74) is -1.55. The van der Waals surface area contributed by atoms with E-state index in [0.717, 1.165) is 0 Å². The number of methoxy groups -OCH3 is 1. The Morgan fingerprint density at radius 2 is 1.21 bits per heavy atom. The molecule has 2 aromatic carbocycles. The van der Waals surface area contributed by atoms with E-state index in [-0.39, 0.29) is 71.7 Å². The van der Waals surface area contributed by atoms with Crippen molar-refractivity contribution < 1.29 is 127 Å². The van der Waals surface area contributed by atoms with Crippen molar-refractivity contribution in [1.82, 2.24) is 0 Å². The summed E-state index contributed by atoms with van der Waals surface area (Å²) >= 11 is 0. The number of phenols is 2. The number of aromatic hydroxyl groups is 2. The largest absolute Gasteiger partial charge is 0.507 e. The SMILES string of the molecule is CO[C@H](C(=O)[C@H](O)[C@@H](C)O)[C@H]1Cc2cc3cc(O[C@@H]4C[C@H](O[C@@H]5C[C@H](O)[C@@H](O)[C@H](C)O5)[C@H](OC(C)=O)[C@H](C)O4)c(C)c(O)c3c(O)c2C(=O)[C@@H]1O[C@H]1C[C@H](O[C@H]2C[C@@H](O[C@@H]3C[C@@](C)(O)[C@H](OC(C)=O)[C@@H](C)O3)[C@@H](O)[C@@H](C)O2)[C@H](O)[C@H](C)O1. The van der Waals surface area contributed by atoms with E-state index in [0.29, 0.717) is 0 Å². The standard InChI is InChI=1S/C56H80O26/c1-20-33(78-39-18-36(52(25(6)74-39)76-27(8)58)81-37-15-32(60)46(63)22(3)71-37)14-30-12-29-13-31(53(70-11)51(68)45(62)21(2)57)54(50(67)43(29)49(66)42(30)44(20)61)82-40-17-34(47(64)24(5)73-40)79-38-16-35(48(65)23(4)72-38)80-41-19-56(10,69)55(26(7)75-41)77-28(9)59/h12,14,21-26,31-32,34-41,45-48,52-55,57,60-66,69H,13,15-19H2,1-11H3/t21-,22+,23-,24+,25+,26-,31-,32+,34+,35-,36+,37-,38+,39-,40+,41-,45-,46+,47-,48+,52-,53+,54-,55-,56-/m1/s1. The minimum absolute atomic E-state index is 0.0580. The van der Waals surface area contributed by atoms with E-state index >= 15 is 4.79 Å². The van der Waals surface area contributed by atoms with Crippen molar-refractivity contribution in [3.05, 3.63) is 28.8 Å². The summed E-state index contributed by atoms with van der Waals surface area (Å²) in [4.78, 5) is 53.1. The lowest BCUT2D eigenvalue weighted by Gasteiger charge is -2.46. The second-order valence-electron chi connectivity index (χ2n) is 22.9. The van der Waals surface area contributed by atoms with Crippen molar-refractivity contribution >= 4 is 34.3 Å². The molecule has 0 amide bonds. The van der Waals surface area contributed by atoms with Crippen molar-refractivity contribution in [2.24, 2.45) is 5.92 Å². The van der Waals surface area contributed by atoms with Gasteiger partial charge < -0.3 is 108 Å². The van der Waals surface area contributed by atoms with Gasteiger partial charge in [0.2, 0.25) is 6.29 Å². The van der Waals surface area contributed by atoms with Crippen LogP contribution in [0.1, 0.15) is 116 Å². The van der Waals surface area contributed by atoms with Crippen LogP contribution in [0.25, 0.3) is 10.8 Å². The molecular weight excluding hydrogens is 1090 g/mol. The van der Waals surface area contributed by atoms with Crippen LogP contribution in [0.2, 0.25) is 0 Å². The lowest BCUT2D eigenvalue weighted by Crippen LogP contribution is -2.59. The van der Waals surface area contributed by atoms with Gasteiger partial charge in [-0.3, -0.25) is 19.2 Å². The maximum atomic E-state index is 15.1. The highest BCUT2D eigenvalue weighted by Crippen LogP contribution is 2.48. The Morgan fingerprint density at radius 3 is 1.77 bits per heavy atom. The monoisotopic (exact) mass is 1170 g/mol. The number of ether oxygens (including phenoxy) is 13. The third kappa shape index (κ3) is 13.5. The molecule has 9 N–H and O–H groups in total. The predicted octanol–water partition coefficient (Wildman–Crippen LogP) is 0.892. The van der Waals surface area contributed by atoms with Gasteiger partial charge in [0.1, 0.15) is 65.6 Å². The van der Waals surface area contributed by atoms with Crippen LogP contribution in [0.15, 0.2) is 12.1 Å². The minimum Gasteiger partial charge on any atom is -0.507 e. The molecule has 26 heteroatoms. The van der Waals surface area contributed by atoms with E-state index in [1.807, 2.05) is 0 Å². The molecule has 5 aliphatic heterocycles. The van der Waals surface area contributed by atoms with Gasteiger partial charge in [-0.1, -0.05) is 0 Å². The number of fused-ring (bicyclic) bond motifs is 2. The first-order valence-corrected chi connectivity index (χ1v) is 27.8. The van der Waals surface area contributed by atoms with E-state index < -0.39 is 188 Å². The molecule has 0 saturated carbocycles. The molecule has 26 nitrogen and oxygen atoms in total. The lowest BCUT2D eigenvalue weighted by atomic mass is 9.75. The Bertz CT molecular complexity index is 2600. The van der Waals surface area contributed by atoms with Gasteiger partial charge in [-0.05, 0) is 84.9 Å². The number of Topliss-reactive ketones (excluding diaryl/α,β-unsaturated/α-hetero) is 2. The molecule has 0 spiro atoms. The first-order chi connectivity index (χ1) is 38.5. The summed E-state index contributed by atoms with van der Waals surface area (Å²) in [5, 5.41) is 99.9. The third-order valence-corrected chi connectivity index (χ3v) is 16.4. The molecule has 0 unspecified atom stereocenters. The van der Waals surface area contributed by atoms with E-state index in [4.69, 9.17) is 61.6 Å². The molecule has 460 valence electrons. The van der Waals surface area contributed by atoms with E-state index in [9.17, 15) is 60.3 Å². The van der Waals surface area contributed by atoms with Crippen molar-refractivity contribution in [2.45, 2.75) is 255 Å². The van der Waals surface area contributed by atoms with Gasteiger partial charge in [-0.25, -0.2) is 0 Å². The van der Waals surface area contributed by atoms with Crippen LogP contribution in [0.5, 0.6) is 17.2 Å². The summed E-state index contributed by atoms with van der Waals surface area (Å²) in [6.45, 7) is 14.6. The third-order valence-electron chi connectivity index (χ3n) is 16.4. The summed E-state index contributed by atoms with van der Waals surface area (Å²) in [5.74, 6) is -5.41. The van der Waals surface area contributed by atoms with Crippen LogP contribution in [0.4, 0.5) is 0 Å². The van der Waals surface area contributed by atoms with Crippen molar-refractivity contribution in [3.63, 3.8) is 0 Å². The molecule has 82 heavy (non-hydrogen) atoms. The maximum absolute atomic E-state index is 15.1. The van der Waals surface area contributed by atoms with Gasteiger partial charge >= 0.3 is 11.9 Å². The number of rotatable bonds is 17. The fourth-order valence-electron chi connectivity index (χ4n) is 12.1. The first kappa shape index (κ1) is 63.7. The molecular formula is C56H80O26. The highest BCUT2D eigenvalue weighted by molar-refractivity contribution is 6.11. The maximum Gasteiger partial charge on any atom is 0.303 e. The zero-order chi connectivity index (χ0) is 60.1. The molecule has 2 aromatic rings. The molecule has 0 aromatic heterocycles. The van der Waals surface area contributed by atoms with E-state index in [2.05, 4.69) is 0 Å². The summed E-state index contributed by atoms with van der Waals surface area (Å²) < 4.78 is 78.3. The second kappa shape index (κ2) is 25.7. The van der Waals surface area contributed by atoms with Crippen LogP contribution < -0.4 is 4.74 Å². The number of phenolic OH excluding ortho intramolecular Hbond substituents is 2. The number of hydrogen-bond donors (Lipinski definition) is 9. The van der Waals surface area contributed by atoms with Gasteiger partial charge in [0.25, 0.3) is 0 Å². The fourth-order valence-corrected chi connectivity index (χ4v) is 12.1. The molecule has 0 radical (unpaired) electrons. The Balaban J connectivity index is 1.04. The van der Waals surface area contributed by atoms with Crippen molar-refractivity contribution in [1.29, 1.82) is 0 Å². The van der Waals surface area contributed by atoms with Gasteiger partial charge in [-0.2, -0.15) is 0 Å². The smallest absolute Gasteiger partial charge is 0.303 e. The summed E-state index contributed by atoms with van der Waals surface area (Å²) in [7, 11) is 1.17. The summed E-state index contributed by atoms with van der Waals surface area (Å²) in [6.07, 6.45) is -27.3. The Labute approximate surface area is 473 Å². The number of ketones is 2. The van der Waals surface area contributed by atoms with Crippen LogP contribution in [0.3, 0.4) is 0 Å². The molecule has 5 heterocycles. The zero-order valence-electron chi connectivity index (χ0n) is 47.7. The lowest BCUT2D eigenvalue weighted by molar-refractivity contribution is -0.334. The number of hydrogen-bond acceptors (Lipinski definition) is 26. The number of esters is 2. The molecule has 5 saturated heterocycles. The first-order valence-electron chi connectivity index (χ1n) is 27.8. The zero-order valence-corrected chi connectivity index (χ0v) is 47.7. The molecule has 0 bridgehead atoms. The van der Waals surface area contributed by atoms with Gasteiger partial charge in [0, 0.05) is 64.5 Å². The van der Waals surface area contributed by atoms with Crippen LogP contribution >= 0.6 is 0 Å². The normalized spacial score (nSPS) is 40.1.